The molecule has 1 saturated carbocycles. The van der Waals surface area contributed by atoms with Crippen LogP contribution in [0.5, 0.6) is 5.75 Å². The number of aliphatic carboxylic acids is 1. The van der Waals surface area contributed by atoms with Gasteiger partial charge in [0.15, 0.2) is 0 Å². The highest BCUT2D eigenvalue weighted by atomic mass is 35.5. The van der Waals surface area contributed by atoms with Gasteiger partial charge in [0.2, 0.25) is 0 Å². The number of carboxylic acid groups (broad SMARTS) is 1. The molecule has 1 aliphatic carbocycles. The molecule has 1 fully saturated rings. The lowest BCUT2D eigenvalue weighted by Gasteiger charge is -2.23. The second-order valence-electron chi connectivity index (χ2n) is 8.73. The number of rotatable bonds is 8. The maximum Gasteiger partial charge on any atom is 0.307 e. The number of carbonyl (C=O) groups is 2. The number of carbonyl (C=O) groups excluding carboxylic acids is 1. The number of nitrogens with zero attached hydrogens (tertiary/aromatic N) is 1. The fourth-order valence-corrected chi connectivity index (χ4v) is 4.71. The predicted molar refractivity (Wildman–Crippen MR) is 124 cm³/mol. The average Bonchev–Trinajstić information content (AvgIpc) is 3.40. The zero-order valence-electron chi connectivity index (χ0n) is 18.3. The van der Waals surface area contributed by atoms with Crippen molar-refractivity contribution in [2.24, 2.45) is 0 Å². The maximum absolute atomic E-state index is 12.7. The van der Waals surface area contributed by atoms with E-state index in [0.29, 0.717) is 36.2 Å². The molecule has 4 rings (SSSR count). The number of fused-ring (bicyclic) bond motifs is 1. The highest BCUT2D eigenvalue weighted by Gasteiger charge is 2.34. The summed E-state index contributed by atoms with van der Waals surface area (Å²) in [6.07, 6.45) is 7.30. The first-order chi connectivity index (χ1) is 15.4. The standard InChI is InChI=1S/C26H28ClNO4/c1-17(6-7-18-8-11-24(27)19(12-18)14-25(29)30)16-32-22-9-10-23-20(13-22)15-28(26(23)31)21-4-2-3-5-21/h6,8-13,21H,2-5,7,14-16H2,1H3,(H,29,30)/b17-6+. The number of benzene rings is 2. The van der Waals surface area contributed by atoms with Gasteiger partial charge in [0.1, 0.15) is 12.4 Å². The molecule has 5 nitrogen and oxygen atoms in total. The Kier molecular flexibility index (Phi) is 6.85. The smallest absolute Gasteiger partial charge is 0.307 e. The molecule has 0 aromatic heterocycles. The number of allylic oxidation sites excluding steroid dienone is 1. The summed E-state index contributed by atoms with van der Waals surface area (Å²) >= 11 is 6.09. The van der Waals surface area contributed by atoms with Gasteiger partial charge in [-0.15, -0.1) is 0 Å². The van der Waals surface area contributed by atoms with Crippen molar-refractivity contribution in [2.45, 2.75) is 58.0 Å². The number of amides is 1. The summed E-state index contributed by atoms with van der Waals surface area (Å²) in [5, 5.41) is 9.49. The summed E-state index contributed by atoms with van der Waals surface area (Å²) in [7, 11) is 0. The van der Waals surface area contributed by atoms with E-state index in [4.69, 9.17) is 21.4 Å². The molecule has 0 unspecified atom stereocenters. The fraction of sp³-hybridized carbons (Fsp3) is 0.385. The predicted octanol–water partition coefficient (Wildman–Crippen LogP) is 5.43. The third kappa shape index (κ3) is 5.16. The molecule has 1 aliphatic heterocycles. The molecule has 2 aromatic rings. The zero-order valence-corrected chi connectivity index (χ0v) is 19.0. The van der Waals surface area contributed by atoms with Crippen molar-refractivity contribution in [3.05, 3.63) is 75.3 Å². The molecule has 2 aromatic carbocycles. The van der Waals surface area contributed by atoms with E-state index < -0.39 is 5.97 Å². The second kappa shape index (κ2) is 9.78. The minimum absolute atomic E-state index is 0.0858. The average molecular weight is 454 g/mol. The number of carboxylic acids is 1. The van der Waals surface area contributed by atoms with Crippen LogP contribution in [0.2, 0.25) is 5.02 Å². The van der Waals surface area contributed by atoms with Gasteiger partial charge < -0.3 is 14.7 Å². The van der Waals surface area contributed by atoms with Gasteiger partial charge in [0.05, 0.1) is 6.42 Å². The Morgan fingerprint density at radius 2 is 2.00 bits per heavy atom. The molecule has 0 atom stereocenters. The number of ether oxygens (including phenoxy) is 1. The van der Waals surface area contributed by atoms with E-state index in [1.54, 1.807) is 6.07 Å². The van der Waals surface area contributed by atoms with Crippen LogP contribution in [0.15, 0.2) is 48.0 Å². The van der Waals surface area contributed by atoms with E-state index in [9.17, 15) is 9.59 Å². The molecule has 0 radical (unpaired) electrons. The lowest BCUT2D eigenvalue weighted by Crippen LogP contribution is -2.33. The quantitative estimate of drug-likeness (QED) is 0.541. The van der Waals surface area contributed by atoms with Crippen molar-refractivity contribution in [3.8, 4) is 5.75 Å². The van der Waals surface area contributed by atoms with E-state index in [1.165, 1.54) is 12.8 Å². The van der Waals surface area contributed by atoms with Crippen molar-refractivity contribution in [2.75, 3.05) is 6.61 Å². The summed E-state index contributed by atoms with van der Waals surface area (Å²) in [5.41, 5.74) is 4.56. The Hall–Kier alpha value is -2.79. The molecule has 32 heavy (non-hydrogen) atoms. The number of halogens is 1. The molecular formula is C26H28ClNO4. The van der Waals surface area contributed by atoms with E-state index in [0.717, 1.165) is 40.9 Å². The van der Waals surface area contributed by atoms with Crippen LogP contribution < -0.4 is 4.74 Å². The molecular weight excluding hydrogens is 426 g/mol. The molecule has 2 aliphatic rings. The van der Waals surface area contributed by atoms with Crippen molar-refractivity contribution in [1.29, 1.82) is 0 Å². The molecule has 6 heteroatoms. The second-order valence-corrected chi connectivity index (χ2v) is 9.14. The summed E-state index contributed by atoms with van der Waals surface area (Å²) in [5.74, 6) is 0.0270. The van der Waals surface area contributed by atoms with Crippen LogP contribution in [-0.2, 0) is 24.2 Å². The zero-order chi connectivity index (χ0) is 22.7. The highest BCUT2D eigenvalue weighted by molar-refractivity contribution is 6.31. The van der Waals surface area contributed by atoms with Crippen LogP contribution in [0.3, 0.4) is 0 Å². The van der Waals surface area contributed by atoms with Gasteiger partial charge in [-0.1, -0.05) is 42.7 Å². The van der Waals surface area contributed by atoms with Gasteiger partial charge in [0, 0.05) is 23.2 Å². The minimum Gasteiger partial charge on any atom is -0.489 e. The molecule has 168 valence electrons. The van der Waals surface area contributed by atoms with Crippen molar-refractivity contribution in [1.82, 2.24) is 4.90 Å². The fourth-order valence-electron chi connectivity index (χ4n) is 4.52. The largest absolute Gasteiger partial charge is 0.489 e. The third-order valence-electron chi connectivity index (χ3n) is 6.28. The van der Waals surface area contributed by atoms with Gasteiger partial charge in [-0.25, -0.2) is 0 Å². The SMILES string of the molecule is C/C(=C\Cc1ccc(Cl)c(CC(=O)O)c1)COc1ccc2c(c1)CN(C1CCCC1)C2=O. The van der Waals surface area contributed by atoms with Gasteiger partial charge in [0.25, 0.3) is 5.91 Å². The van der Waals surface area contributed by atoms with Crippen LogP contribution in [0.4, 0.5) is 0 Å². The van der Waals surface area contributed by atoms with Gasteiger partial charge >= 0.3 is 5.97 Å². The Morgan fingerprint density at radius 3 is 2.75 bits per heavy atom. The van der Waals surface area contributed by atoms with Crippen LogP contribution >= 0.6 is 11.6 Å². The van der Waals surface area contributed by atoms with Crippen LogP contribution in [-0.4, -0.2) is 34.5 Å². The Morgan fingerprint density at radius 1 is 1.22 bits per heavy atom. The van der Waals surface area contributed by atoms with Crippen molar-refractivity contribution < 1.29 is 19.4 Å². The monoisotopic (exact) mass is 453 g/mol. The van der Waals surface area contributed by atoms with Gasteiger partial charge in [-0.2, -0.15) is 0 Å². The first-order valence-electron chi connectivity index (χ1n) is 11.1. The number of hydrogen-bond acceptors (Lipinski definition) is 3. The van der Waals surface area contributed by atoms with E-state index >= 15 is 0 Å². The summed E-state index contributed by atoms with van der Waals surface area (Å²) in [6.45, 7) is 3.14. The summed E-state index contributed by atoms with van der Waals surface area (Å²) in [4.78, 5) is 25.7. The van der Waals surface area contributed by atoms with Gasteiger partial charge in [-0.05, 0) is 72.7 Å². The summed E-state index contributed by atoms with van der Waals surface area (Å²) in [6, 6.07) is 11.6. The van der Waals surface area contributed by atoms with Gasteiger partial charge in [-0.3, -0.25) is 9.59 Å². The summed E-state index contributed by atoms with van der Waals surface area (Å²) < 4.78 is 5.98. The van der Waals surface area contributed by atoms with Crippen LogP contribution in [0.1, 0.15) is 59.7 Å². The van der Waals surface area contributed by atoms with Crippen LogP contribution in [0, 0.1) is 0 Å². The highest BCUT2D eigenvalue weighted by Crippen LogP contribution is 2.33. The molecule has 1 heterocycles. The lowest BCUT2D eigenvalue weighted by atomic mass is 10.0. The lowest BCUT2D eigenvalue weighted by molar-refractivity contribution is -0.136. The molecule has 0 bridgehead atoms. The van der Waals surface area contributed by atoms with E-state index in [-0.39, 0.29) is 12.3 Å². The van der Waals surface area contributed by atoms with Crippen molar-refractivity contribution in [3.63, 3.8) is 0 Å². The molecule has 1 amide bonds. The minimum atomic E-state index is -0.897. The Labute approximate surface area is 193 Å². The molecule has 0 saturated heterocycles. The van der Waals surface area contributed by atoms with Crippen LogP contribution in [0.25, 0.3) is 0 Å². The normalized spacial score (nSPS) is 16.5. The topological polar surface area (TPSA) is 66.8 Å². The first kappa shape index (κ1) is 22.4. The molecule has 0 spiro atoms. The molecule has 1 N–H and O–H groups in total. The Bertz CT molecular complexity index is 1060. The third-order valence-corrected chi connectivity index (χ3v) is 6.65. The van der Waals surface area contributed by atoms with Crippen molar-refractivity contribution >= 4 is 23.5 Å². The first-order valence-corrected chi connectivity index (χ1v) is 11.5. The number of hydrogen-bond donors (Lipinski definition) is 1. The maximum atomic E-state index is 12.7. The van der Waals surface area contributed by atoms with E-state index in [2.05, 4.69) is 6.08 Å². The Balaban J connectivity index is 1.34. The van der Waals surface area contributed by atoms with E-state index in [1.807, 2.05) is 42.2 Å².